The second-order valence-electron chi connectivity index (χ2n) is 4.59. The summed E-state index contributed by atoms with van der Waals surface area (Å²) in [5.74, 6) is -1.48. The van der Waals surface area contributed by atoms with Crippen molar-refractivity contribution in [2.24, 2.45) is 0 Å². The Kier molecular flexibility index (Phi) is 7.11. The molecule has 0 saturated carbocycles. The van der Waals surface area contributed by atoms with Crippen LogP contribution >= 0.6 is 0 Å². The molecule has 3 N–H and O–H groups in total. The Labute approximate surface area is 150 Å². The smallest absolute Gasteiger partial charge is 0.330 e. The number of carboxylic acid groups (broad SMARTS) is 1. The number of carbonyl (C=O) groups is 2. The van der Waals surface area contributed by atoms with Gasteiger partial charge in [0.05, 0.1) is 6.42 Å². The van der Waals surface area contributed by atoms with Crippen LogP contribution < -0.4 is 5.32 Å². The molecule has 0 spiro atoms. The van der Waals surface area contributed by atoms with Crippen LogP contribution in [0.25, 0.3) is 0 Å². The zero-order chi connectivity index (χ0) is 15.2. The summed E-state index contributed by atoms with van der Waals surface area (Å²) in [6.07, 6.45) is 0.114. The molecular weight excluding hydrogens is 293 g/mol. The fourth-order valence-electron chi connectivity index (χ4n) is 1.95. The Hall–Kier alpha value is -1.82. The molecule has 2 aromatic carbocycles. The summed E-state index contributed by atoms with van der Waals surface area (Å²) in [5.41, 5.74) is 1.21. The summed E-state index contributed by atoms with van der Waals surface area (Å²) >= 11 is 0. The van der Waals surface area contributed by atoms with Crippen LogP contribution in [0.3, 0.4) is 0 Å². The van der Waals surface area contributed by atoms with Crippen molar-refractivity contribution < 1.29 is 19.8 Å². The molecule has 1 radical (unpaired) electrons. The van der Waals surface area contributed by atoms with Crippen molar-refractivity contribution in [3.8, 4) is 5.75 Å². The molecule has 0 aliphatic carbocycles. The molecule has 22 heavy (non-hydrogen) atoms. The van der Waals surface area contributed by atoms with E-state index in [4.69, 9.17) is 0 Å². The molecule has 0 saturated heterocycles. The first-order valence-corrected chi connectivity index (χ1v) is 6.41. The van der Waals surface area contributed by atoms with Crippen molar-refractivity contribution in [1.29, 1.82) is 0 Å². The van der Waals surface area contributed by atoms with Crippen LogP contribution in [-0.2, 0) is 16.0 Å². The average molecular weight is 308 g/mol. The van der Waals surface area contributed by atoms with Gasteiger partial charge >= 0.3 is 5.97 Å². The number of phenolic OH excluding ortho intramolecular Hbond substituents is 1. The summed E-state index contributed by atoms with van der Waals surface area (Å²) in [6, 6.07) is 13.6. The number of aromatic hydroxyl groups is 1. The number of rotatable bonds is 5. The van der Waals surface area contributed by atoms with Crippen LogP contribution in [0, 0.1) is 0 Å². The number of aliphatic carboxylic acids is 1. The van der Waals surface area contributed by atoms with Gasteiger partial charge in [-0.05, 0) is 23.3 Å². The van der Waals surface area contributed by atoms with E-state index in [-0.39, 0.29) is 47.6 Å². The Morgan fingerprint density at radius 1 is 1.00 bits per heavy atom. The van der Waals surface area contributed by atoms with Gasteiger partial charge in [0.15, 0.2) is 6.04 Å². The van der Waals surface area contributed by atoms with Gasteiger partial charge in [-0.25, -0.2) is 4.79 Å². The maximum Gasteiger partial charge on any atom is 0.330 e. The quantitative estimate of drug-likeness (QED) is 0.731. The first kappa shape index (κ1) is 18.2. The molecule has 109 valence electrons. The van der Waals surface area contributed by atoms with Gasteiger partial charge in [0.25, 0.3) is 0 Å². The third-order valence-corrected chi connectivity index (χ3v) is 2.99. The topological polar surface area (TPSA) is 86.6 Å². The van der Waals surface area contributed by atoms with E-state index in [9.17, 15) is 19.8 Å². The summed E-state index contributed by atoms with van der Waals surface area (Å²) < 4.78 is 0. The number of phenols is 1. The van der Waals surface area contributed by atoms with Crippen molar-refractivity contribution in [2.75, 3.05) is 0 Å². The van der Waals surface area contributed by atoms with Gasteiger partial charge < -0.3 is 15.5 Å². The molecular formula is C16H15NNaO4. The number of carboxylic acids is 1. The Morgan fingerprint density at radius 2 is 1.59 bits per heavy atom. The van der Waals surface area contributed by atoms with Crippen LogP contribution in [-0.4, -0.2) is 51.6 Å². The zero-order valence-corrected chi connectivity index (χ0v) is 14.2. The van der Waals surface area contributed by atoms with E-state index in [0.717, 1.165) is 5.56 Å². The van der Waals surface area contributed by atoms with Crippen molar-refractivity contribution in [3.63, 3.8) is 0 Å². The third-order valence-electron chi connectivity index (χ3n) is 2.99. The van der Waals surface area contributed by atoms with E-state index in [1.165, 1.54) is 24.3 Å². The van der Waals surface area contributed by atoms with Crippen LogP contribution in [0.2, 0.25) is 0 Å². The number of amides is 1. The predicted molar refractivity (Wildman–Crippen MR) is 82.5 cm³/mol. The number of hydrogen-bond acceptors (Lipinski definition) is 3. The zero-order valence-electron chi connectivity index (χ0n) is 12.2. The molecule has 1 atom stereocenters. The number of nitrogens with one attached hydrogen (secondary N) is 1. The molecule has 2 aromatic rings. The molecule has 0 heterocycles. The molecule has 6 heteroatoms. The van der Waals surface area contributed by atoms with Gasteiger partial charge in [0.1, 0.15) is 5.75 Å². The van der Waals surface area contributed by atoms with Crippen molar-refractivity contribution in [1.82, 2.24) is 5.32 Å². The van der Waals surface area contributed by atoms with Crippen molar-refractivity contribution in [3.05, 3.63) is 65.7 Å². The van der Waals surface area contributed by atoms with Gasteiger partial charge in [-0.15, -0.1) is 0 Å². The van der Waals surface area contributed by atoms with E-state index < -0.39 is 12.0 Å². The number of hydrogen-bond donors (Lipinski definition) is 3. The molecule has 2 rings (SSSR count). The van der Waals surface area contributed by atoms with E-state index in [0.29, 0.717) is 5.56 Å². The molecule has 0 fully saturated rings. The summed E-state index contributed by atoms with van der Waals surface area (Å²) in [7, 11) is 0. The SMILES string of the molecule is O=C(Cc1ccccc1)N[C@@H](C(=O)O)c1ccc(O)cc1.[Na]. The fraction of sp³-hybridized carbons (Fsp3) is 0.125. The van der Waals surface area contributed by atoms with Gasteiger partial charge in [-0.2, -0.15) is 0 Å². The summed E-state index contributed by atoms with van der Waals surface area (Å²) in [6.45, 7) is 0. The molecule has 0 unspecified atom stereocenters. The first-order chi connectivity index (χ1) is 10.1. The normalized spacial score (nSPS) is 11.1. The van der Waals surface area contributed by atoms with E-state index in [1.807, 2.05) is 18.2 Å². The third kappa shape index (κ3) is 5.18. The largest absolute Gasteiger partial charge is 0.508 e. The number of benzene rings is 2. The van der Waals surface area contributed by atoms with Crippen LogP contribution in [0.5, 0.6) is 5.75 Å². The second-order valence-corrected chi connectivity index (χ2v) is 4.59. The maximum absolute atomic E-state index is 11.9. The predicted octanol–water partition coefficient (Wildman–Crippen LogP) is 1.50. The van der Waals surface area contributed by atoms with E-state index >= 15 is 0 Å². The average Bonchev–Trinajstić information content (AvgIpc) is 2.47. The Balaban J connectivity index is 0.00000242. The van der Waals surface area contributed by atoms with Gasteiger partial charge in [0, 0.05) is 29.6 Å². The maximum atomic E-state index is 11.9. The van der Waals surface area contributed by atoms with Crippen molar-refractivity contribution >= 4 is 41.4 Å². The van der Waals surface area contributed by atoms with Crippen LogP contribution in [0.1, 0.15) is 17.2 Å². The van der Waals surface area contributed by atoms with E-state index in [2.05, 4.69) is 5.32 Å². The molecule has 0 bridgehead atoms. The van der Waals surface area contributed by atoms with Gasteiger partial charge in [0.2, 0.25) is 5.91 Å². The minimum absolute atomic E-state index is 0. The standard InChI is InChI=1S/C16H15NO4.Na/c18-13-8-6-12(7-9-13)15(16(20)21)17-14(19)10-11-4-2-1-3-5-11;/h1-9,15,18H,10H2,(H,17,19)(H,20,21);/t15-;/m1./s1. The monoisotopic (exact) mass is 308 g/mol. The minimum Gasteiger partial charge on any atom is -0.508 e. The minimum atomic E-state index is -1.15. The van der Waals surface area contributed by atoms with Gasteiger partial charge in [-0.1, -0.05) is 42.5 Å². The summed E-state index contributed by atoms with van der Waals surface area (Å²) in [4.78, 5) is 23.2. The van der Waals surface area contributed by atoms with Crippen LogP contribution in [0.15, 0.2) is 54.6 Å². The second kappa shape index (κ2) is 8.58. The van der Waals surface area contributed by atoms with Crippen molar-refractivity contribution in [2.45, 2.75) is 12.5 Å². The molecule has 0 aromatic heterocycles. The molecule has 5 nitrogen and oxygen atoms in total. The molecule has 0 aliphatic rings. The fourth-order valence-corrected chi connectivity index (χ4v) is 1.95. The van der Waals surface area contributed by atoms with E-state index in [1.54, 1.807) is 12.1 Å². The molecule has 0 aliphatic heterocycles. The molecule has 1 amide bonds. The Bertz CT molecular complexity index is 628. The summed E-state index contributed by atoms with van der Waals surface area (Å²) in [5, 5.41) is 20.9. The van der Waals surface area contributed by atoms with Crippen LogP contribution in [0.4, 0.5) is 0 Å². The van der Waals surface area contributed by atoms with Gasteiger partial charge in [-0.3, -0.25) is 4.79 Å². The Morgan fingerprint density at radius 3 is 2.14 bits per heavy atom. The first-order valence-electron chi connectivity index (χ1n) is 6.41. The number of carbonyl (C=O) groups excluding carboxylic acids is 1.